The zero-order chi connectivity index (χ0) is 17.6. The number of nitrogens with one attached hydrogen (secondary N) is 1. The molecule has 1 aromatic heterocycles. The van der Waals surface area contributed by atoms with Gasteiger partial charge in [-0.2, -0.15) is 0 Å². The lowest BCUT2D eigenvalue weighted by Crippen LogP contribution is -2.30. The fourth-order valence-electron chi connectivity index (χ4n) is 2.20. The molecule has 5 nitrogen and oxygen atoms in total. The first kappa shape index (κ1) is 18.4. The largest absolute Gasteiger partial charge is 0.330 e. The summed E-state index contributed by atoms with van der Waals surface area (Å²) in [6.07, 6.45) is 1.68. The second kappa shape index (κ2) is 8.23. The van der Waals surface area contributed by atoms with Crippen LogP contribution < -0.4 is 4.72 Å². The van der Waals surface area contributed by atoms with E-state index in [4.69, 9.17) is 0 Å². The molecule has 0 aliphatic heterocycles. The van der Waals surface area contributed by atoms with Gasteiger partial charge < -0.3 is 4.90 Å². The highest BCUT2D eigenvalue weighted by atomic mass is 32.2. The lowest BCUT2D eigenvalue weighted by atomic mass is 10.2. The topological polar surface area (TPSA) is 66.5 Å². The van der Waals surface area contributed by atoms with E-state index in [0.717, 1.165) is 4.88 Å². The third-order valence-electron chi connectivity index (χ3n) is 3.31. The molecule has 1 amide bonds. The van der Waals surface area contributed by atoms with Crippen molar-refractivity contribution in [3.63, 3.8) is 0 Å². The van der Waals surface area contributed by atoms with Crippen molar-refractivity contribution in [2.45, 2.75) is 18.4 Å². The number of carbonyl (C=O) groups excluding carboxylic acids is 1. The number of amides is 1. The van der Waals surface area contributed by atoms with Crippen molar-refractivity contribution < 1.29 is 13.2 Å². The van der Waals surface area contributed by atoms with Gasteiger partial charge in [0.2, 0.25) is 10.0 Å². The summed E-state index contributed by atoms with van der Waals surface area (Å²) in [5, 5.41) is 1.96. The summed E-state index contributed by atoms with van der Waals surface area (Å²) in [7, 11) is -3.51. The lowest BCUT2D eigenvalue weighted by molar-refractivity contribution is 0.0764. The van der Waals surface area contributed by atoms with E-state index < -0.39 is 10.0 Å². The molecule has 7 heteroatoms. The number of carbonyl (C=O) groups is 1. The molecule has 128 valence electrons. The van der Waals surface area contributed by atoms with Crippen LogP contribution in [0.5, 0.6) is 0 Å². The van der Waals surface area contributed by atoms with Crippen LogP contribution in [0.3, 0.4) is 0 Å². The molecule has 0 saturated carbocycles. The van der Waals surface area contributed by atoms with Crippen LogP contribution in [-0.4, -0.2) is 32.3 Å². The van der Waals surface area contributed by atoms with Crippen molar-refractivity contribution >= 4 is 27.3 Å². The van der Waals surface area contributed by atoms with E-state index in [1.54, 1.807) is 29.2 Å². The number of hydrogen-bond acceptors (Lipinski definition) is 4. The molecule has 0 spiro atoms. The molecule has 1 heterocycles. The quantitative estimate of drug-likeness (QED) is 0.733. The van der Waals surface area contributed by atoms with Gasteiger partial charge in [-0.3, -0.25) is 4.79 Å². The predicted molar refractivity (Wildman–Crippen MR) is 96.6 cm³/mol. The van der Waals surface area contributed by atoms with Crippen molar-refractivity contribution in [1.82, 2.24) is 9.62 Å². The van der Waals surface area contributed by atoms with Crippen LogP contribution in [0, 0.1) is 0 Å². The maximum Gasteiger partial charge on any atom is 0.254 e. The Kier molecular flexibility index (Phi) is 6.30. The summed E-state index contributed by atoms with van der Waals surface area (Å²) >= 11 is 1.59. The zero-order valence-corrected chi connectivity index (χ0v) is 15.1. The van der Waals surface area contributed by atoms with Gasteiger partial charge in [0, 0.05) is 23.5 Å². The van der Waals surface area contributed by atoms with Crippen LogP contribution in [0.15, 0.2) is 59.3 Å². The minimum atomic E-state index is -3.51. The van der Waals surface area contributed by atoms with Gasteiger partial charge in [0.15, 0.2) is 0 Å². The SMILES string of the molecule is C=CCN(Cc1cccs1)C(=O)c1ccc(S(=O)(=O)NCC)cc1. The van der Waals surface area contributed by atoms with E-state index in [-0.39, 0.29) is 10.8 Å². The van der Waals surface area contributed by atoms with Gasteiger partial charge in [0.1, 0.15) is 0 Å². The summed E-state index contributed by atoms with van der Waals surface area (Å²) < 4.78 is 26.3. The van der Waals surface area contributed by atoms with Gasteiger partial charge in [0.25, 0.3) is 5.91 Å². The standard InChI is InChI=1S/C17H20N2O3S2/c1-3-11-19(13-15-6-5-12-23-15)17(20)14-7-9-16(10-8-14)24(21,22)18-4-2/h3,5-10,12,18H,1,4,11,13H2,2H3. The minimum absolute atomic E-state index is 0.148. The maximum atomic E-state index is 12.7. The third kappa shape index (κ3) is 4.53. The molecule has 1 N–H and O–H groups in total. The second-order valence-electron chi connectivity index (χ2n) is 5.08. The monoisotopic (exact) mass is 364 g/mol. The van der Waals surface area contributed by atoms with E-state index in [1.807, 2.05) is 17.5 Å². The number of hydrogen-bond donors (Lipinski definition) is 1. The van der Waals surface area contributed by atoms with Crippen LogP contribution in [0.2, 0.25) is 0 Å². The van der Waals surface area contributed by atoms with Crippen LogP contribution >= 0.6 is 11.3 Å². The Hall–Kier alpha value is -1.96. The van der Waals surface area contributed by atoms with Crippen LogP contribution in [0.4, 0.5) is 0 Å². The van der Waals surface area contributed by atoms with Crippen molar-refractivity contribution in [2.75, 3.05) is 13.1 Å². The molecule has 0 unspecified atom stereocenters. The molecule has 0 atom stereocenters. The van der Waals surface area contributed by atoms with Crippen LogP contribution in [0.25, 0.3) is 0 Å². The van der Waals surface area contributed by atoms with Gasteiger partial charge in [-0.15, -0.1) is 17.9 Å². The van der Waals surface area contributed by atoms with Gasteiger partial charge in [-0.1, -0.05) is 19.1 Å². The highest BCUT2D eigenvalue weighted by Gasteiger charge is 2.17. The molecule has 2 rings (SSSR count). The Balaban J connectivity index is 2.19. The molecule has 0 aliphatic rings. The average Bonchev–Trinajstić information content (AvgIpc) is 3.07. The summed E-state index contributed by atoms with van der Waals surface area (Å²) in [6.45, 7) is 6.65. The van der Waals surface area contributed by atoms with Crippen molar-refractivity contribution in [2.24, 2.45) is 0 Å². The number of sulfonamides is 1. The predicted octanol–water partition coefficient (Wildman–Crippen LogP) is 2.87. The van der Waals surface area contributed by atoms with E-state index in [2.05, 4.69) is 11.3 Å². The van der Waals surface area contributed by atoms with Crippen LogP contribution in [0.1, 0.15) is 22.2 Å². The van der Waals surface area contributed by atoms with E-state index in [1.165, 1.54) is 24.3 Å². The average molecular weight is 364 g/mol. The molecule has 2 aromatic rings. The van der Waals surface area contributed by atoms with Crippen LogP contribution in [-0.2, 0) is 16.6 Å². The van der Waals surface area contributed by atoms with Gasteiger partial charge in [-0.25, -0.2) is 13.1 Å². The fourth-order valence-corrected chi connectivity index (χ4v) is 3.96. The van der Waals surface area contributed by atoms with Gasteiger partial charge in [-0.05, 0) is 35.7 Å². The smallest absolute Gasteiger partial charge is 0.254 e. The minimum Gasteiger partial charge on any atom is -0.330 e. The van der Waals surface area contributed by atoms with E-state index in [9.17, 15) is 13.2 Å². The molecule has 1 aromatic carbocycles. The summed E-state index contributed by atoms with van der Waals surface area (Å²) in [5.74, 6) is -0.157. The molecule has 0 saturated heterocycles. The van der Waals surface area contributed by atoms with E-state index >= 15 is 0 Å². The first-order valence-electron chi connectivity index (χ1n) is 7.50. The van der Waals surface area contributed by atoms with E-state index in [0.29, 0.717) is 25.2 Å². The van der Waals surface area contributed by atoms with Crippen molar-refractivity contribution in [1.29, 1.82) is 0 Å². The Bertz CT molecular complexity index is 782. The van der Waals surface area contributed by atoms with Gasteiger partial charge >= 0.3 is 0 Å². The fraction of sp³-hybridized carbons (Fsp3) is 0.235. The van der Waals surface area contributed by atoms with Crippen molar-refractivity contribution in [3.8, 4) is 0 Å². The number of nitrogens with zero attached hydrogens (tertiary/aromatic N) is 1. The van der Waals surface area contributed by atoms with Crippen molar-refractivity contribution in [3.05, 3.63) is 64.9 Å². The van der Waals surface area contributed by atoms with Gasteiger partial charge in [0.05, 0.1) is 11.4 Å². The molecule has 0 aliphatic carbocycles. The first-order chi connectivity index (χ1) is 11.5. The number of rotatable bonds is 8. The summed E-state index contributed by atoms with van der Waals surface area (Å²) in [6, 6.07) is 9.89. The Labute approximate surface area is 146 Å². The Morgan fingerprint density at radius 1 is 1.29 bits per heavy atom. The molecule has 24 heavy (non-hydrogen) atoms. The summed E-state index contributed by atoms with van der Waals surface area (Å²) in [4.78, 5) is 15.6. The molecular weight excluding hydrogens is 344 g/mol. The highest BCUT2D eigenvalue weighted by molar-refractivity contribution is 7.89. The Morgan fingerprint density at radius 2 is 2.00 bits per heavy atom. The molecule has 0 bridgehead atoms. The number of benzene rings is 1. The molecule has 0 radical (unpaired) electrons. The first-order valence-corrected chi connectivity index (χ1v) is 9.86. The zero-order valence-electron chi connectivity index (χ0n) is 13.4. The highest BCUT2D eigenvalue weighted by Crippen LogP contribution is 2.16. The second-order valence-corrected chi connectivity index (χ2v) is 7.88. The molecule has 0 fully saturated rings. The Morgan fingerprint density at radius 3 is 2.54 bits per heavy atom. The summed E-state index contributed by atoms with van der Waals surface area (Å²) in [5.41, 5.74) is 0.448. The lowest BCUT2D eigenvalue weighted by Gasteiger charge is -2.20. The molecular formula is C17H20N2O3S2. The number of thiophene rings is 1. The maximum absolute atomic E-state index is 12.7. The third-order valence-corrected chi connectivity index (χ3v) is 5.73. The normalized spacial score (nSPS) is 11.2.